The van der Waals surface area contributed by atoms with Crippen molar-refractivity contribution in [3.8, 4) is 0 Å². The first-order valence-corrected chi connectivity index (χ1v) is 6.40. The summed E-state index contributed by atoms with van der Waals surface area (Å²) in [7, 11) is 0. The highest BCUT2D eigenvalue weighted by Gasteiger charge is 2.14. The first kappa shape index (κ1) is 14.2. The smallest absolute Gasteiger partial charge is 0.237 e. The van der Waals surface area contributed by atoms with Crippen LogP contribution in [0.5, 0.6) is 0 Å². The number of aromatic amines is 1. The number of benzene rings is 1. The van der Waals surface area contributed by atoms with Crippen LogP contribution < -0.4 is 11.1 Å². The number of nitrogens with zero attached hydrogens (tertiary/aromatic N) is 1. The van der Waals surface area contributed by atoms with Crippen molar-refractivity contribution in [1.29, 1.82) is 0 Å². The summed E-state index contributed by atoms with van der Waals surface area (Å²) >= 11 is 0. The van der Waals surface area contributed by atoms with E-state index in [2.05, 4.69) is 15.3 Å². The minimum Gasteiger partial charge on any atom is -0.354 e. The van der Waals surface area contributed by atoms with Crippen molar-refractivity contribution in [2.45, 2.75) is 18.9 Å². The van der Waals surface area contributed by atoms with Gasteiger partial charge < -0.3 is 16.0 Å². The number of amides is 1. The molecule has 0 spiro atoms. The summed E-state index contributed by atoms with van der Waals surface area (Å²) in [6, 6.07) is 5.60. The maximum absolute atomic E-state index is 12.7. The van der Waals surface area contributed by atoms with Gasteiger partial charge in [0.15, 0.2) is 0 Å². The number of nitrogens with one attached hydrogen (secondary N) is 2. The molecule has 0 aliphatic rings. The maximum atomic E-state index is 12.7. The molecule has 1 aromatic carbocycles. The third-order valence-electron chi connectivity index (χ3n) is 2.96. The highest BCUT2D eigenvalue weighted by atomic mass is 19.1. The molecule has 0 bridgehead atoms. The van der Waals surface area contributed by atoms with Crippen LogP contribution in [0.2, 0.25) is 0 Å². The Morgan fingerprint density at radius 3 is 2.80 bits per heavy atom. The summed E-state index contributed by atoms with van der Waals surface area (Å²) in [5.74, 6) is -0.471. The summed E-state index contributed by atoms with van der Waals surface area (Å²) in [5.41, 5.74) is 7.59. The van der Waals surface area contributed by atoms with E-state index >= 15 is 0 Å². The monoisotopic (exact) mass is 276 g/mol. The summed E-state index contributed by atoms with van der Waals surface area (Å²) in [6.07, 6.45) is 4.26. The Morgan fingerprint density at radius 2 is 2.15 bits per heavy atom. The summed E-state index contributed by atoms with van der Waals surface area (Å²) in [5, 5.41) is 2.77. The SMILES string of the molecule is N[C@@H](Cc1cnc[nH]1)C(=O)NCCc1ccc(F)cc1. The number of H-pyrrole nitrogens is 1. The Balaban J connectivity index is 1.73. The zero-order chi connectivity index (χ0) is 14.4. The Bertz CT molecular complexity index is 539. The van der Waals surface area contributed by atoms with Crippen molar-refractivity contribution in [3.63, 3.8) is 0 Å². The second-order valence-corrected chi connectivity index (χ2v) is 4.55. The van der Waals surface area contributed by atoms with Crippen LogP contribution in [0.25, 0.3) is 0 Å². The Hall–Kier alpha value is -2.21. The van der Waals surface area contributed by atoms with Crippen LogP contribution >= 0.6 is 0 Å². The van der Waals surface area contributed by atoms with Gasteiger partial charge >= 0.3 is 0 Å². The number of nitrogens with two attached hydrogens (primary N) is 1. The molecule has 4 N–H and O–H groups in total. The third kappa shape index (κ3) is 4.17. The highest BCUT2D eigenvalue weighted by molar-refractivity contribution is 5.81. The third-order valence-corrected chi connectivity index (χ3v) is 2.96. The molecule has 20 heavy (non-hydrogen) atoms. The van der Waals surface area contributed by atoms with Crippen molar-refractivity contribution < 1.29 is 9.18 Å². The molecular formula is C14H17FN4O. The van der Waals surface area contributed by atoms with Crippen LogP contribution in [0.1, 0.15) is 11.3 Å². The average Bonchev–Trinajstić information content (AvgIpc) is 2.93. The number of carbonyl (C=O) groups is 1. The summed E-state index contributed by atoms with van der Waals surface area (Å²) in [6.45, 7) is 0.473. The van der Waals surface area contributed by atoms with Crippen LogP contribution in [-0.2, 0) is 17.6 Å². The van der Waals surface area contributed by atoms with Crippen molar-refractivity contribution in [2.75, 3.05) is 6.54 Å². The van der Waals surface area contributed by atoms with E-state index in [-0.39, 0.29) is 11.7 Å². The second-order valence-electron chi connectivity index (χ2n) is 4.55. The van der Waals surface area contributed by atoms with E-state index in [9.17, 15) is 9.18 Å². The Kier molecular flexibility index (Phi) is 4.84. The first-order valence-electron chi connectivity index (χ1n) is 6.40. The zero-order valence-corrected chi connectivity index (χ0v) is 11.0. The molecule has 0 fully saturated rings. The molecule has 0 aliphatic heterocycles. The molecule has 0 saturated carbocycles. The molecule has 0 unspecified atom stereocenters. The standard InChI is InChI=1S/C14H17FN4O/c15-11-3-1-10(2-4-11)5-6-18-14(20)13(16)7-12-8-17-9-19-12/h1-4,8-9,13H,5-7,16H2,(H,17,19)(H,18,20)/t13-/m0/s1. The molecule has 1 amide bonds. The molecule has 6 heteroatoms. The fourth-order valence-electron chi connectivity index (χ4n) is 1.84. The molecular weight excluding hydrogens is 259 g/mol. The van der Waals surface area contributed by atoms with Crippen LogP contribution in [0.3, 0.4) is 0 Å². The van der Waals surface area contributed by atoms with Gasteiger partial charge in [-0.15, -0.1) is 0 Å². The van der Waals surface area contributed by atoms with Crippen LogP contribution in [0.15, 0.2) is 36.8 Å². The van der Waals surface area contributed by atoms with E-state index in [4.69, 9.17) is 5.73 Å². The maximum Gasteiger partial charge on any atom is 0.237 e. The quantitative estimate of drug-likeness (QED) is 0.729. The van der Waals surface area contributed by atoms with Crippen LogP contribution in [0, 0.1) is 5.82 Å². The van der Waals surface area contributed by atoms with Crippen molar-refractivity contribution in [1.82, 2.24) is 15.3 Å². The van der Waals surface area contributed by atoms with E-state index in [0.717, 1.165) is 11.3 Å². The van der Waals surface area contributed by atoms with Crippen molar-refractivity contribution in [2.24, 2.45) is 5.73 Å². The van der Waals surface area contributed by atoms with Crippen LogP contribution in [-0.4, -0.2) is 28.5 Å². The largest absolute Gasteiger partial charge is 0.354 e. The second kappa shape index (κ2) is 6.81. The average molecular weight is 276 g/mol. The fraction of sp³-hybridized carbons (Fsp3) is 0.286. The fourth-order valence-corrected chi connectivity index (χ4v) is 1.84. The number of imidazole rings is 1. The zero-order valence-electron chi connectivity index (χ0n) is 11.0. The number of hydrogen-bond donors (Lipinski definition) is 3. The van der Waals surface area contributed by atoms with Gasteiger partial charge in [0.2, 0.25) is 5.91 Å². The molecule has 2 rings (SSSR count). The van der Waals surface area contributed by atoms with Gasteiger partial charge in [0, 0.05) is 24.9 Å². The van der Waals surface area contributed by atoms with Crippen molar-refractivity contribution in [3.05, 3.63) is 53.9 Å². The molecule has 1 aromatic heterocycles. The minimum absolute atomic E-state index is 0.207. The molecule has 106 valence electrons. The normalized spacial score (nSPS) is 12.1. The highest BCUT2D eigenvalue weighted by Crippen LogP contribution is 2.03. The summed E-state index contributed by atoms with van der Waals surface area (Å²) in [4.78, 5) is 18.6. The molecule has 0 saturated heterocycles. The lowest BCUT2D eigenvalue weighted by Gasteiger charge is -2.11. The lowest BCUT2D eigenvalue weighted by Crippen LogP contribution is -2.42. The van der Waals surface area contributed by atoms with E-state index in [0.29, 0.717) is 19.4 Å². The Morgan fingerprint density at radius 1 is 1.40 bits per heavy atom. The number of hydrogen-bond acceptors (Lipinski definition) is 3. The predicted molar refractivity (Wildman–Crippen MR) is 73.4 cm³/mol. The van der Waals surface area contributed by atoms with Gasteiger partial charge in [-0.3, -0.25) is 4.79 Å². The lowest BCUT2D eigenvalue weighted by molar-refractivity contribution is -0.122. The first-order chi connectivity index (χ1) is 9.65. The van der Waals surface area contributed by atoms with E-state index in [1.165, 1.54) is 12.1 Å². The molecule has 1 atom stereocenters. The molecule has 5 nitrogen and oxygen atoms in total. The number of rotatable bonds is 6. The van der Waals surface area contributed by atoms with Gasteiger partial charge in [0.05, 0.1) is 12.4 Å². The van der Waals surface area contributed by atoms with Crippen LogP contribution in [0.4, 0.5) is 4.39 Å². The van der Waals surface area contributed by atoms with Gasteiger partial charge in [-0.1, -0.05) is 12.1 Å². The van der Waals surface area contributed by atoms with Gasteiger partial charge in [0.1, 0.15) is 5.82 Å². The molecule has 2 aromatic rings. The van der Waals surface area contributed by atoms with Gasteiger partial charge in [-0.2, -0.15) is 0 Å². The van der Waals surface area contributed by atoms with Crippen molar-refractivity contribution >= 4 is 5.91 Å². The minimum atomic E-state index is -0.608. The number of aromatic nitrogens is 2. The van der Waals surface area contributed by atoms with Gasteiger partial charge in [-0.25, -0.2) is 9.37 Å². The van der Waals surface area contributed by atoms with E-state index in [1.54, 1.807) is 24.7 Å². The van der Waals surface area contributed by atoms with E-state index < -0.39 is 6.04 Å². The molecule has 0 aliphatic carbocycles. The lowest BCUT2D eigenvalue weighted by atomic mass is 10.1. The Labute approximate surface area is 116 Å². The molecule has 1 heterocycles. The number of halogens is 1. The van der Waals surface area contributed by atoms with E-state index in [1.807, 2.05) is 0 Å². The molecule has 0 radical (unpaired) electrons. The van der Waals surface area contributed by atoms with Gasteiger partial charge in [0.25, 0.3) is 0 Å². The number of carbonyl (C=O) groups excluding carboxylic acids is 1. The van der Waals surface area contributed by atoms with Gasteiger partial charge in [-0.05, 0) is 24.1 Å². The topological polar surface area (TPSA) is 83.8 Å². The predicted octanol–water partition coefficient (Wildman–Crippen LogP) is 0.777. The summed E-state index contributed by atoms with van der Waals surface area (Å²) < 4.78 is 12.7.